The van der Waals surface area contributed by atoms with Crippen molar-refractivity contribution < 1.29 is 0 Å². The molecule has 3 aliphatic rings. The number of benzene rings is 1. The van der Waals surface area contributed by atoms with E-state index in [0.717, 1.165) is 17.9 Å². The van der Waals surface area contributed by atoms with Crippen molar-refractivity contribution in [1.29, 1.82) is 0 Å². The minimum atomic E-state index is 0.575. The third-order valence-electron chi connectivity index (χ3n) is 6.86. The van der Waals surface area contributed by atoms with Crippen LogP contribution in [0.1, 0.15) is 87.4 Å². The summed E-state index contributed by atoms with van der Waals surface area (Å²) >= 11 is 0. The molecule has 1 aromatic rings. The summed E-state index contributed by atoms with van der Waals surface area (Å²) in [6.07, 6.45) is 18.4. The number of fused-ring (bicyclic) bond motifs is 1. The molecule has 1 aliphatic heterocycles. The van der Waals surface area contributed by atoms with Gasteiger partial charge in [-0.1, -0.05) is 69.4 Å². The Morgan fingerprint density at radius 2 is 1.92 bits per heavy atom. The number of nitrogens with one attached hydrogen (secondary N) is 1. The zero-order valence-corrected chi connectivity index (χ0v) is 15.3. The Morgan fingerprint density at radius 3 is 2.75 bits per heavy atom. The first-order valence-corrected chi connectivity index (χ1v) is 10.4. The molecule has 2 fully saturated rings. The van der Waals surface area contributed by atoms with Gasteiger partial charge in [-0.2, -0.15) is 0 Å². The summed E-state index contributed by atoms with van der Waals surface area (Å²) in [5.74, 6) is 1.91. The quantitative estimate of drug-likeness (QED) is 0.714. The average Bonchev–Trinajstić information content (AvgIpc) is 2.67. The first-order chi connectivity index (χ1) is 11.8. The van der Waals surface area contributed by atoms with Gasteiger partial charge in [0.1, 0.15) is 0 Å². The first kappa shape index (κ1) is 16.4. The standard InChI is InChI=1S/C23H33N/c1-2-22-21(18-9-4-3-5-10-18)14-15-23(24-22)20-13-12-17-8-6-7-11-19(17)16-20/h6,8,12-13,16,18,21-24H,2-5,7,9-11,14-15H2,1H3. The molecule has 3 atom stereocenters. The maximum Gasteiger partial charge on any atom is 0.0322 e. The van der Waals surface area contributed by atoms with Crippen LogP contribution in [0, 0.1) is 11.8 Å². The van der Waals surface area contributed by atoms with Crippen LogP contribution in [0.2, 0.25) is 0 Å². The summed E-state index contributed by atoms with van der Waals surface area (Å²) in [5.41, 5.74) is 4.52. The van der Waals surface area contributed by atoms with E-state index in [4.69, 9.17) is 0 Å². The van der Waals surface area contributed by atoms with Crippen molar-refractivity contribution in [3.8, 4) is 0 Å². The number of allylic oxidation sites excluding steroid dienone is 1. The third kappa shape index (κ3) is 3.33. The molecule has 0 bridgehead atoms. The zero-order chi connectivity index (χ0) is 16.4. The van der Waals surface area contributed by atoms with Gasteiger partial charge in [-0.15, -0.1) is 0 Å². The van der Waals surface area contributed by atoms with Crippen molar-refractivity contribution in [1.82, 2.24) is 5.32 Å². The van der Waals surface area contributed by atoms with Crippen molar-refractivity contribution >= 4 is 6.08 Å². The molecule has 3 unspecified atom stereocenters. The van der Waals surface area contributed by atoms with E-state index in [1.54, 1.807) is 5.56 Å². The Morgan fingerprint density at radius 1 is 1.04 bits per heavy atom. The Kier molecular flexibility index (Phi) is 5.08. The molecule has 2 aliphatic carbocycles. The van der Waals surface area contributed by atoms with Gasteiger partial charge in [0.2, 0.25) is 0 Å². The topological polar surface area (TPSA) is 12.0 Å². The van der Waals surface area contributed by atoms with Crippen LogP contribution in [0.15, 0.2) is 24.3 Å². The zero-order valence-electron chi connectivity index (χ0n) is 15.3. The van der Waals surface area contributed by atoms with E-state index < -0.39 is 0 Å². The van der Waals surface area contributed by atoms with Crippen LogP contribution in [0.25, 0.3) is 6.08 Å². The Balaban J connectivity index is 1.47. The molecule has 1 N–H and O–H groups in total. The molecule has 130 valence electrons. The molecule has 1 heterocycles. The van der Waals surface area contributed by atoms with Crippen LogP contribution in [-0.2, 0) is 6.42 Å². The molecular formula is C23H33N. The molecule has 0 radical (unpaired) electrons. The van der Waals surface area contributed by atoms with Gasteiger partial charge in [0.05, 0.1) is 0 Å². The SMILES string of the molecule is CCC1NC(c2ccc3c(c2)CCC=C3)CCC1C1CCCCC1. The van der Waals surface area contributed by atoms with Crippen LogP contribution in [0.3, 0.4) is 0 Å². The van der Waals surface area contributed by atoms with Gasteiger partial charge in [0.15, 0.2) is 0 Å². The van der Waals surface area contributed by atoms with Gasteiger partial charge < -0.3 is 5.32 Å². The first-order valence-electron chi connectivity index (χ1n) is 10.4. The lowest BCUT2D eigenvalue weighted by molar-refractivity contribution is 0.132. The van der Waals surface area contributed by atoms with Crippen molar-refractivity contribution in [2.24, 2.45) is 11.8 Å². The van der Waals surface area contributed by atoms with E-state index >= 15 is 0 Å². The summed E-state index contributed by atoms with van der Waals surface area (Å²) in [6.45, 7) is 2.38. The van der Waals surface area contributed by atoms with Crippen LogP contribution in [0.5, 0.6) is 0 Å². The van der Waals surface area contributed by atoms with Gasteiger partial charge in [0.25, 0.3) is 0 Å². The maximum absolute atomic E-state index is 4.06. The van der Waals surface area contributed by atoms with Gasteiger partial charge in [0, 0.05) is 12.1 Å². The summed E-state index contributed by atoms with van der Waals surface area (Å²) in [4.78, 5) is 0. The largest absolute Gasteiger partial charge is 0.307 e. The smallest absolute Gasteiger partial charge is 0.0322 e. The number of rotatable bonds is 3. The third-order valence-corrected chi connectivity index (χ3v) is 6.86. The number of hydrogen-bond acceptors (Lipinski definition) is 1. The van der Waals surface area contributed by atoms with Crippen molar-refractivity contribution in [3.05, 3.63) is 41.0 Å². The molecule has 0 amide bonds. The second-order valence-electron chi connectivity index (χ2n) is 8.27. The lowest BCUT2D eigenvalue weighted by Gasteiger charge is -2.43. The van der Waals surface area contributed by atoms with Crippen molar-refractivity contribution in [2.75, 3.05) is 0 Å². The predicted molar refractivity (Wildman–Crippen MR) is 103 cm³/mol. The lowest BCUT2D eigenvalue weighted by Crippen LogP contribution is -2.46. The second kappa shape index (κ2) is 7.44. The summed E-state index contributed by atoms with van der Waals surface area (Å²) in [6, 6.07) is 8.51. The molecule has 1 heteroatoms. The van der Waals surface area contributed by atoms with E-state index in [1.165, 1.54) is 75.3 Å². The monoisotopic (exact) mass is 323 g/mol. The van der Waals surface area contributed by atoms with Crippen LogP contribution in [-0.4, -0.2) is 6.04 Å². The number of hydrogen-bond donors (Lipinski definition) is 1. The fourth-order valence-corrected chi connectivity index (χ4v) is 5.51. The molecule has 4 rings (SSSR count). The average molecular weight is 324 g/mol. The van der Waals surface area contributed by atoms with Crippen molar-refractivity contribution in [2.45, 2.75) is 83.2 Å². The van der Waals surface area contributed by atoms with Crippen molar-refractivity contribution in [3.63, 3.8) is 0 Å². The lowest BCUT2D eigenvalue weighted by atomic mass is 9.71. The molecule has 1 saturated heterocycles. The van der Waals surface area contributed by atoms with E-state index in [9.17, 15) is 0 Å². The van der Waals surface area contributed by atoms with Crippen LogP contribution >= 0.6 is 0 Å². The molecule has 1 aromatic carbocycles. The van der Waals surface area contributed by atoms with E-state index in [-0.39, 0.29) is 0 Å². The second-order valence-corrected chi connectivity index (χ2v) is 8.27. The summed E-state index contributed by atoms with van der Waals surface area (Å²) in [7, 11) is 0. The van der Waals surface area contributed by atoms with Gasteiger partial charge >= 0.3 is 0 Å². The Bertz CT molecular complexity index is 582. The molecule has 1 saturated carbocycles. The normalized spacial score (nSPS) is 31.0. The van der Waals surface area contributed by atoms with E-state index in [1.807, 2.05) is 0 Å². The van der Waals surface area contributed by atoms with Crippen LogP contribution in [0.4, 0.5) is 0 Å². The number of aryl methyl sites for hydroxylation is 1. The Labute approximate surface area is 147 Å². The van der Waals surface area contributed by atoms with E-state index in [2.05, 4.69) is 42.6 Å². The van der Waals surface area contributed by atoms with E-state index in [0.29, 0.717) is 6.04 Å². The molecule has 0 spiro atoms. The van der Waals surface area contributed by atoms with Gasteiger partial charge in [-0.25, -0.2) is 0 Å². The highest BCUT2D eigenvalue weighted by Gasteiger charge is 2.35. The molecule has 0 aromatic heterocycles. The highest BCUT2D eigenvalue weighted by molar-refractivity contribution is 5.57. The minimum absolute atomic E-state index is 0.575. The fraction of sp³-hybridized carbons (Fsp3) is 0.652. The molecule has 1 nitrogen and oxygen atoms in total. The highest BCUT2D eigenvalue weighted by atomic mass is 15.0. The minimum Gasteiger partial charge on any atom is -0.307 e. The predicted octanol–water partition coefficient (Wildman–Crippen LogP) is 6.05. The highest BCUT2D eigenvalue weighted by Crippen LogP contribution is 2.40. The molecule has 24 heavy (non-hydrogen) atoms. The fourth-order valence-electron chi connectivity index (χ4n) is 5.51. The number of piperidine rings is 1. The summed E-state index contributed by atoms with van der Waals surface area (Å²) < 4.78 is 0. The maximum atomic E-state index is 4.06. The Hall–Kier alpha value is -1.08. The van der Waals surface area contributed by atoms with Gasteiger partial charge in [-0.05, 0) is 60.6 Å². The van der Waals surface area contributed by atoms with Gasteiger partial charge in [-0.3, -0.25) is 0 Å². The summed E-state index contributed by atoms with van der Waals surface area (Å²) in [5, 5.41) is 4.06. The molecular weight excluding hydrogens is 290 g/mol. The van der Waals surface area contributed by atoms with Crippen LogP contribution < -0.4 is 5.32 Å².